The van der Waals surface area contributed by atoms with Crippen molar-refractivity contribution in [2.45, 2.75) is 6.10 Å². The molecule has 1 heterocycles. The highest BCUT2D eigenvalue weighted by Gasteiger charge is 2.13. The van der Waals surface area contributed by atoms with Gasteiger partial charge in [-0.2, -0.15) is 0 Å². The van der Waals surface area contributed by atoms with E-state index in [0.717, 1.165) is 4.88 Å². The standard InChI is InChI=1S/C12H11ClFNOS/c13-12-6-5-11(17-12)10(7-15)16-9-3-1-8(14)2-4-9/h1-6,10H,7,15H2. The van der Waals surface area contributed by atoms with Crippen LogP contribution in [0.4, 0.5) is 4.39 Å². The number of halogens is 2. The Hall–Kier alpha value is -1.10. The van der Waals surface area contributed by atoms with Crippen LogP contribution < -0.4 is 10.5 Å². The third-order valence-corrected chi connectivity index (χ3v) is 3.54. The molecule has 0 saturated carbocycles. The van der Waals surface area contributed by atoms with E-state index in [1.165, 1.54) is 23.5 Å². The molecule has 0 aliphatic rings. The molecular weight excluding hydrogens is 261 g/mol. The number of rotatable bonds is 4. The summed E-state index contributed by atoms with van der Waals surface area (Å²) in [4.78, 5) is 0.960. The van der Waals surface area contributed by atoms with Crippen molar-refractivity contribution in [2.75, 3.05) is 6.54 Å². The van der Waals surface area contributed by atoms with Crippen molar-refractivity contribution in [3.63, 3.8) is 0 Å². The lowest BCUT2D eigenvalue weighted by atomic mass is 10.3. The van der Waals surface area contributed by atoms with Gasteiger partial charge in [0, 0.05) is 11.4 Å². The summed E-state index contributed by atoms with van der Waals surface area (Å²) in [7, 11) is 0. The Labute approximate surface area is 108 Å². The summed E-state index contributed by atoms with van der Waals surface area (Å²) in [6, 6.07) is 9.54. The van der Waals surface area contributed by atoms with Crippen LogP contribution in [0.15, 0.2) is 36.4 Å². The molecule has 2 N–H and O–H groups in total. The van der Waals surface area contributed by atoms with Crippen molar-refractivity contribution in [1.29, 1.82) is 0 Å². The molecule has 5 heteroatoms. The first kappa shape index (κ1) is 12.4. The molecule has 0 bridgehead atoms. The first-order valence-corrected chi connectivity index (χ1v) is 6.26. The Kier molecular flexibility index (Phi) is 3.99. The van der Waals surface area contributed by atoms with E-state index in [4.69, 9.17) is 22.1 Å². The minimum absolute atomic E-state index is 0.252. The number of thiophene rings is 1. The van der Waals surface area contributed by atoms with E-state index in [2.05, 4.69) is 0 Å². The summed E-state index contributed by atoms with van der Waals surface area (Å²) in [5.74, 6) is 0.298. The monoisotopic (exact) mass is 271 g/mol. The molecular formula is C12H11ClFNOS. The quantitative estimate of drug-likeness (QED) is 0.922. The van der Waals surface area contributed by atoms with Crippen molar-refractivity contribution in [3.8, 4) is 5.75 Å². The molecule has 1 unspecified atom stereocenters. The fraction of sp³-hybridized carbons (Fsp3) is 0.167. The summed E-state index contributed by atoms with van der Waals surface area (Å²) >= 11 is 7.29. The molecule has 2 aromatic rings. The van der Waals surface area contributed by atoms with Crippen LogP contribution in [-0.4, -0.2) is 6.54 Å². The molecule has 0 aliphatic carbocycles. The van der Waals surface area contributed by atoms with Gasteiger partial charge < -0.3 is 10.5 Å². The summed E-state index contributed by atoms with van der Waals surface area (Å²) in [6.45, 7) is 0.341. The summed E-state index contributed by atoms with van der Waals surface area (Å²) in [6.07, 6.45) is -0.252. The number of hydrogen-bond acceptors (Lipinski definition) is 3. The van der Waals surface area contributed by atoms with Gasteiger partial charge in [-0.1, -0.05) is 11.6 Å². The topological polar surface area (TPSA) is 35.2 Å². The average Bonchev–Trinajstić information content (AvgIpc) is 2.75. The van der Waals surface area contributed by atoms with E-state index in [-0.39, 0.29) is 11.9 Å². The molecule has 0 spiro atoms. The summed E-state index contributed by atoms with van der Waals surface area (Å²) < 4.78 is 19.1. The minimum atomic E-state index is -0.291. The largest absolute Gasteiger partial charge is 0.484 e. The molecule has 0 saturated heterocycles. The predicted molar refractivity (Wildman–Crippen MR) is 68.2 cm³/mol. The number of nitrogens with two attached hydrogens (primary N) is 1. The average molecular weight is 272 g/mol. The lowest BCUT2D eigenvalue weighted by Gasteiger charge is -2.15. The zero-order chi connectivity index (χ0) is 12.3. The zero-order valence-corrected chi connectivity index (χ0v) is 10.5. The molecule has 2 nitrogen and oxygen atoms in total. The highest BCUT2D eigenvalue weighted by atomic mass is 35.5. The number of benzene rings is 1. The molecule has 1 atom stereocenters. The molecule has 0 amide bonds. The van der Waals surface area contributed by atoms with Crippen LogP contribution in [0.1, 0.15) is 11.0 Å². The molecule has 0 fully saturated rings. The van der Waals surface area contributed by atoms with Crippen molar-refractivity contribution in [3.05, 3.63) is 51.4 Å². The van der Waals surface area contributed by atoms with Crippen LogP contribution in [0.25, 0.3) is 0 Å². The van der Waals surface area contributed by atoms with E-state index in [1.807, 2.05) is 6.07 Å². The van der Waals surface area contributed by atoms with E-state index in [1.54, 1.807) is 18.2 Å². The molecule has 0 aliphatic heterocycles. The van der Waals surface area contributed by atoms with Gasteiger partial charge in [-0.15, -0.1) is 11.3 Å². The molecule has 1 aromatic carbocycles. The Morgan fingerprint density at radius 3 is 2.47 bits per heavy atom. The van der Waals surface area contributed by atoms with Gasteiger partial charge in [0.2, 0.25) is 0 Å². The lowest BCUT2D eigenvalue weighted by Crippen LogP contribution is -2.17. The van der Waals surface area contributed by atoms with Gasteiger partial charge in [-0.3, -0.25) is 0 Å². The first-order chi connectivity index (χ1) is 8.19. The fourth-order valence-corrected chi connectivity index (χ4v) is 2.50. The maximum Gasteiger partial charge on any atom is 0.145 e. The minimum Gasteiger partial charge on any atom is -0.484 e. The van der Waals surface area contributed by atoms with Crippen LogP contribution in [0.2, 0.25) is 4.34 Å². The Morgan fingerprint density at radius 2 is 1.94 bits per heavy atom. The molecule has 17 heavy (non-hydrogen) atoms. The van der Waals surface area contributed by atoms with Gasteiger partial charge in [0.1, 0.15) is 17.7 Å². The van der Waals surface area contributed by atoms with Crippen molar-refractivity contribution < 1.29 is 9.13 Å². The predicted octanol–water partition coefficient (Wildman–Crippen LogP) is 3.62. The second-order valence-corrected chi connectivity index (χ2v) is 5.18. The Morgan fingerprint density at radius 1 is 1.24 bits per heavy atom. The fourth-order valence-electron chi connectivity index (χ4n) is 1.40. The van der Waals surface area contributed by atoms with E-state index >= 15 is 0 Å². The van der Waals surface area contributed by atoms with E-state index < -0.39 is 0 Å². The molecule has 2 rings (SSSR count). The molecule has 90 valence electrons. The van der Waals surface area contributed by atoms with E-state index in [9.17, 15) is 4.39 Å². The van der Waals surface area contributed by atoms with Crippen LogP contribution >= 0.6 is 22.9 Å². The zero-order valence-electron chi connectivity index (χ0n) is 8.90. The van der Waals surface area contributed by atoms with Crippen LogP contribution in [0.5, 0.6) is 5.75 Å². The van der Waals surface area contributed by atoms with Gasteiger partial charge in [-0.25, -0.2) is 4.39 Å². The maximum atomic E-state index is 12.7. The Balaban J connectivity index is 2.12. The van der Waals surface area contributed by atoms with Gasteiger partial charge in [-0.05, 0) is 36.4 Å². The second kappa shape index (κ2) is 5.49. The van der Waals surface area contributed by atoms with E-state index in [0.29, 0.717) is 16.6 Å². The maximum absolute atomic E-state index is 12.7. The van der Waals surface area contributed by atoms with Crippen molar-refractivity contribution in [1.82, 2.24) is 0 Å². The highest BCUT2D eigenvalue weighted by molar-refractivity contribution is 7.16. The van der Waals surface area contributed by atoms with Crippen molar-refractivity contribution in [2.24, 2.45) is 5.73 Å². The molecule has 0 radical (unpaired) electrons. The SMILES string of the molecule is NCC(Oc1ccc(F)cc1)c1ccc(Cl)s1. The normalized spacial score (nSPS) is 12.4. The summed E-state index contributed by atoms with van der Waals surface area (Å²) in [5.41, 5.74) is 5.66. The van der Waals surface area contributed by atoms with Crippen LogP contribution in [0.3, 0.4) is 0 Å². The third-order valence-electron chi connectivity index (χ3n) is 2.22. The van der Waals surface area contributed by atoms with Gasteiger partial charge in [0.05, 0.1) is 4.34 Å². The van der Waals surface area contributed by atoms with Crippen LogP contribution in [0, 0.1) is 5.82 Å². The summed E-state index contributed by atoms with van der Waals surface area (Å²) in [5, 5.41) is 0. The third kappa shape index (κ3) is 3.19. The lowest BCUT2D eigenvalue weighted by molar-refractivity contribution is 0.218. The highest BCUT2D eigenvalue weighted by Crippen LogP contribution is 2.29. The van der Waals surface area contributed by atoms with Gasteiger partial charge in [0.15, 0.2) is 0 Å². The van der Waals surface area contributed by atoms with Gasteiger partial charge in [0.25, 0.3) is 0 Å². The van der Waals surface area contributed by atoms with Crippen molar-refractivity contribution >= 4 is 22.9 Å². The number of hydrogen-bond donors (Lipinski definition) is 1. The smallest absolute Gasteiger partial charge is 0.145 e. The molecule has 1 aromatic heterocycles. The van der Waals surface area contributed by atoms with Crippen LogP contribution in [-0.2, 0) is 0 Å². The van der Waals surface area contributed by atoms with Gasteiger partial charge >= 0.3 is 0 Å². The second-order valence-electron chi connectivity index (χ2n) is 3.44. The first-order valence-electron chi connectivity index (χ1n) is 5.06. The number of ether oxygens (including phenoxy) is 1. The Bertz CT molecular complexity index is 486.